The molecule has 3 rings (SSSR count). The molecule has 0 amide bonds. The van der Waals surface area contributed by atoms with Gasteiger partial charge < -0.3 is 4.98 Å². The first-order chi connectivity index (χ1) is 10.1. The molecule has 0 bridgehead atoms. The van der Waals surface area contributed by atoms with Gasteiger partial charge in [0, 0.05) is 32.2 Å². The zero-order valence-corrected chi connectivity index (χ0v) is 12.3. The summed E-state index contributed by atoms with van der Waals surface area (Å²) in [5.41, 5.74) is 1.02. The summed E-state index contributed by atoms with van der Waals surface area (Å²) < 4.78 is 2.43. The van der Waals surface area contributed by atoms with Crippen molar-refractivity contribution in [3.8, 4) is 0 Å². The number of rotatable bonds is 3. The van der Waals surface area contributed by atoms with Crippen LogP contribution in [0.5, 0.6) is 0 Å². The molecular weight excluding hydrogens is 290 g/mol. The van der Waals surface area contributed by atoms with E-state index in [-0.39, 0.29) is 11.2 Å². The van der Waals surface area contributed by atoms with Gasteiger partial charge in [-0.05, 0) is 11.6 Å². The van der Waals surface area contributed by atoms with Crippen LogP contribution in [-0.4, -0.2) is 24.1 Å². The minimum Gasteiger partial charge on any atom is -0.327 e. The molecular formula is C13H13N5O2S. The summed E-state index contributed by atoms with van der Waals surface area (Å²) in [5.74, 6) is 0.682. The molecule has 3 aromatic heterocycles. The standard InChI is InChI=1S/C13H13N5O2S/c1-17-10-9(11(19)18(2)13(17)20)15-12(16-10)21-7-8-4-3-5-14-6-8/h3-6H,7H2,1-2H3,(H,15,16). The lowest BCUT2D eigenvalue weighted by molar-refractivity contribution is 0.708. The Balaban J connectivity index is 1.99. The molecule has 0 aliphatic heterocycles. The molecule has 7 nitrogen and oxygen atoms in total. The number of aromatic nitrogens is 5. The van der Waals surface area contributed by atoms with Crippen LogP contribution in [0.3, 0.4) is 0 Å². The molecule has 21 heavy (non-hydrogen) atoms. The summed E-state index contributed by atoms with van der Waals surface area (Å²) in [5, 5.41) is 0.604. The number of aryl methyl sites for hydroxylation is 1. The minimum atomic E-state index is -0.386. The van der Waals surface area contributed by atoms with E-state index >= 15 is 0 Å². The van der Waals surface area contributed by atoms with Crippen molar-refractivity contribution >= 4 is 22.9 Å². The summed E-state index contributed by atoms with van der Waals surface area (Å²) in [6.45, 7) is 0. The van der Waals surface area contributed by atoms with Crippen LogP contribution in [-0.2, 0) is 19.8 Å². The smallest absolute Gasteiger partial charge is 0.327 e. The number of H-pyrrole nitrogens is 1. The molecule has 0 aliphatic rings. The number of fused-ring (bicyclic) bond motifs is 1. The van der Waals surface area contributed by atoms with Gasteiger partial charge in [0.1, 0.15) is 0 Å². The summed E-state index contributed by atoms with van der Waals surface area (Å²) in [7, 11) is 3.05. The largest absolute Gasteiger partial charge is 0.332 e. The number of hydrogen-bond donors (Lipinski definition) is 1. The van der Waals surface area contributed by atoms with Crippen molar-refractivity contribution < 1.29 is 0 Å². The summed E-state index contributed by atoms with van der Waals surface area (Å²) in [6, 6.07) is 3.84. The van der Waals surface area contributed by atoms with Crippen LogP contribution >= 0.6 is 11.8 Å². The van der Waals surface area contributed by atoms with Gasteiger partial charge >= 0.3 is 5.69 Å². The quantitative estimate of drug-likeness (QED) is 0.718. The Labute approximate surface area is 123 Å². The van der Waals surface area contributed by atoms with Crippen molar-refractivity contribution in [1.82, 2.24) is 24.1 Å². The van der Waals surface area contributed by atoms with Crippen LogP contribution in [0.4, 0.5) is 0 Å². The second kappa shape index (κ2) is 5.21. The number of thioether (sulfide) groups is 1. The molecule has 3 heterocycles. The summed E-state index contributed by atoms with van der Waals surface area (Å²) >= 11 is 1.46. The molecule has 0 aromatic carbocycles. The minimum absolute atomic E-state index is 0.341. The highest BCUT2D eigenvalue weighted by Crippen LogP contribution is 2.20. The Morgan fingerprint density at radius 3 is 2.81 bits per heavy atom. The van der Waals surface area contributed by atoms with E-state index in [9.17, 15) is 9.59 Å². The van der Waals surface area contributed by atoms with E-state index in [0.29, 0.717) is 22.1 Å². The lowest BCUT2D eigenvalue weighted by Gasteiger charge is -2.00. The molecule has 0 spiro atoms. The Bertz CT molecular complexity index is 910. The van der Waals surface area contributed by atoms with Crippen molar-refractivity contribution in [3.63, 3.8) is 0 Å². The third-order valence-corrected chi connectivity index (χ3v) is 4.12. The summed E-state index contributed by atoms with van der Waals surface area (Å²) in [4.78, 5) is 35.3. The lowest BCUT2D eigenvalue weighted by Crippen LogP contribution is -2.36. The molecule has 0 radical (unpaired) electrons. The Hall–Kier alpha value is -2.35. The molecule has 0 fully saturated rings. The van der Waals surface area contributed by atoms with Gasteiger partial charge in [-0.15, -0.1) is 0 Å². The van der Waals surface area contributed by atoms with Gasteiger partial charge in [0.15, 0.2) is 16.3 Å². The number of imidazole rings is 1. The lowest BCUT2D eigenvalue weighted by atomic mass is 10.3. The van der Waals surface area contributed by atoms with Crippen LogP contribution < -0.4 is 11.2 Å². The predicted octanol–water partition coefficient (Wildman–Crippen LogP) is 0.648. The topological polar surface area (TPSA) is 85.6 Å². The first kappa shape index (κ1) is 13.6. The van der Waals surface area contributed by atoms with E-state index in [4.69, 9.17) is 0 Å². The SMILES string of the molecule is Cn1c(=O)c2[nH]c(SCc3cccnc3)nc2n(C)c1=O. The fraction of sp³-hybridized carbons (Fsp3) is 0.231. The van der Waals surface area contributed by atoms with Crippen LogP contribution in [0.1, 0.15) is 5.56 Å². The van der Waals surface area contributed by atoms with Crippen molar-refractivity contribution in [1.29, 1.82) is 0 Å². The average molecular weight is 303 g/mol. The van der Waals surface area contributed by atoms with Crippen molar-refractivity contribution in [2.45, 2.75) is 10.9 Å². The normalized spacial score (nSPS) is 11.1. The highest BCUT2D eigenvalue weighted by molar-refractivity contribution is 7.98. The first-order valence-corrected chi connectivity index (χ1v) is 7.24. The van der Waals surface area contributed by atoms with E-state index in [1.807, 2.05) is 12.1 Å². The number of nitrogens with zero attached hydrogens (tertiary/aromatic N) is 4. The average Bonchev–Trinajstić information content (AvgIpc) is 2.94. The van der Waals surface area contributed by atoms with Crippen LogP contribution in [0.25, 0.3) is 11.2 Å². The van der Waals surface area contributed by atoms with E-state index < -0.39 is 0 Å². The summed E-state index contributed by atoms with van der Waals surface area (Å²) in [6.07, 6.45) is 3.50. The maximum absolute atomic E-state index is 12.0. The Morgan fingerprint density at radius 1 is 1.29 bits per heavy atom. The number of pyridine rings is 1. The van der Waals surface area contributed by atoms with E-state index in [1.165, 1.54) is 23.4 Å². The van der Waals surface area contributed by atoms with Gasteiger partial charge in [-0.2, -0.15) is 0 Å². The predicted molar refractivity (Wildman–Crippen MR) is 80.4 cm³/mol. The highest BCUT2D eigenvalue weighted by Gasteiger charge is 2.13. The van der Waals surface area contributed by atoms with Gasteiger partial charge in [-0.3, -0.25) is 18.9 Å². The molecule has 0 saturated heterocycles. The Kier molecular flexibility index (Phi) is 3.38. The van der Waals surface area contributed by atoms with Gasteiger partial charge in [0.2, 0.25) is 0 Å². The second-order valence-corrected chi connectivity index (χ2v) is 5.56. The number of nitrogens with one attached hydrogen (secondary N) is 1. The van der Waals surface area contributed by atoms with E-state index in [2.05, 4.69) is 15.0 Å². The third kappa shape index (κ3) is 2.38. The molecule has 108 valence electrons. The monoisotopic (exact) mass is 303 g/mol. The van der Waals surface area contributed by atoms with Gasteiger partial charge in [0.05, 0.1) is 0 Å². The fourth-order valence-electron chi connectivity index (χ4n) is 2.01. The maximum atomic E-state index is 12.0. The van der Waals surface area contributed by atoms with E-state index in [1.54, 1.807) is 19.4 Å². The molecule has 0 saturated carbocycles. The van der Waals surface area contributed by atoms with Crippen molar-refractivity contribution in [2.24, 2.45) is 14.1 Å². The van der Waals surface area contributed by atoms with Gasteiger partial charge in [0.25, 0.3) is 5.56 Å². The second-order valence-electron chi connectivity index (χ2n) is 4.60. The molecule has 0 aliphatic carbocycles. The highest BCUT2D eigenvalue weighted by atomic mass is 32.2. The number of aromatic amines is 1. The van der Waals surface area contributed by atoms with Crippen LogP contribution in [0.2, 0.25) is 0 Å². The Morgan fingerprint density at radius 2 is 2.10 bits per heavy atom. The first-order valence-electron chi connectivity index (χ1n) is 6.25. The number of hydrogen-bond acceptors (Lipinski definition) is 5. The molecule has 0 atom stereocenters. The van der Waals surface area contributed by atoms with Crippen LogP contribution in [0.15, 0.2) is 39.3 Å². The fourth-order valence-corrected chi connectivity index (χ4v) is 2.81. The van der Waals surface area contributed by atoms with Gasteiger partial charge in [-0.25, -0.2) is 9.78 Å². The maximum Gasteiger partial charge on any atom is 0.332 e. The molecule has 3 aromatic rings. The van der Waals surface area contributed by atoms with E-state index in [0.717, 1.165) is 10.1 Å². The third-order valence-electron chi connectivity index (χ3n) is 3.17. The zero-order chi connectivity index (χ0) is 15.0. The van der Waals surface area contributed by atoms with Crippen molar-refractivity contribution in [2.75, 3.05) is 0 Å². The molecule has 1 N–H and O–H groups in total. The van der Waals surface area contributed by atoms with Gasteiger partial charge in [-0.1, -0.05) is 17.8 Å². The van der Waals surface area contributed by atoms with Crippen LogP contribution in [0, 0.1) is 0 Å². The molecule has 0 unspecified atom stereocenters. The zero-order valence-electron chi connectivity index (χ0n) is 11.5. The molecule has 8 heteroatoms. The van der Waals surface area contributed by atoms with Crippen molar-refractivity contribution in [3.05, 3.63) is 50.9 Å².